The van der Waals surface area contributed by atoms with E-state index in [1.54, 1.807) is 0 Å². The Kier molecular flexibility index (Phi) is 4.65. The highest BCUT2D eigenvalue weighted by Gasteiger charge is 2.40. The zero-order chi connectivity index (χ0) is 15.0. The van der Waals surface area contributed by atoms with Crippen molar-refractivity contribution < 1.29 is 8.78 Å². The molecule has 0 spiro atoms. The van der Waals surface area contributed by atoms with Gasteiger partial charge in [-0.15, -0.1) is 0 Å². The molecule has 116 valence electrons. The first kappa shape index (κ1) is 15.4. The molecule has 2 bridgehead atoms. The second-order valence-corrected chi connectivity index (χ2v) is 7.42. The van der Waals surface area contributed by atoms with E-state index in [1.165, 1.54) is 37.8 Å². The van der Waals surface area contributed by atoms with Gasteiger partial charge in [0.05, 0.1) is 4.47 Å². The van der Waals surface area contributed by atoms with Crippen LogP contribution in [0.25, 0.3) is 0 Å². The number of fused-ring (bicyclic) bond motifs is 2. The van der Waals surface area contributed by atoms with Gasteiger partial charge in [-0.25, -0.2) is 8.78 Å². The molecule has 4 atom stereocenters. The molecule has 2 saturated carbocycles. The molecule has 1 N–H and O–H groups in total. The first-order valence-corrected chi connectivity index (χ1v) is 8.75. The van der Waals surface area contributed by atoms with E-state index in [1.807, 2.05) is 6.92 Å². The summed E-state index contributed by atoms with van der Waals surface area (Å²) in [5, 5.41) is 3.35. The van der Waals surface area contributed by atoms with Gasteiger partial charge in [-0.2, -0.15) is 0 Å². The number of hydrogen-bond donors (Lipinski definition) is 1. The summed E-state index contributed by atoms with van der Waals surface area (Å²) in [6.07, 6.45) is 6.24. The third kappa shape index (κ3) is 3.16. The monoisotopic (exact) mass is 357 g/mol. The van der Waals surface area contributed by atoms with Crippen molar-refractivity contribution in [3.63, 3.8) is 0 Å². The van der Waals surface area contributed by atoms with Gasteiger partial charge in [-0.3, -0.25) is 0 Å². The molecule has 0 aromatic heterocycles. The van der Waals surface area contributed by atoms with Gasteiger partial charge in [0.2, 0.25) is 0 Å². The molecule has 1 nitrogen and oxygen atoms in total. The molecule has 1 aromatic carbocycles. The van der Waals surface area contributed by atoms with Crippen molar-refractivity contribution in [2.75, 3.05) is 6.54 Å². The summed E-state index contributed by atoms with van der Waals surface area (Å²) in [6.45, 7) is 2.78. The number of nitrogens with one attached hydrogen (secondary N) is 1. The Morgan fingerprint density at radius 2 is 2.05 bits per heavy atom. The summed E-state index contributed by atoms with van der Waals surface area (Å²) in [6, 6.07) is 2.51. The summed E-state index contributed by atoms with van der Waals surface area (Å²) < 4.78 is 28.2. The predicted octanol–water partition coefficient (Wildman–Crippen LogP) is 5.20. The fourth-order valence-electron chi connectivity index (χ4n) is 4.34. The van der Waals surface area contributed by atoms with Crippen LogP contribution in [0.15, 0.2) is 16.6 Å². The van der Waals surface area contributed by atoms with E-state index in [0.29, 0.717) is 11.5 Å². The van der Waals surface area contributed by atoms with Crippen LogP contribution in [0, 0.1) is 29.4 Å². The second-order valence-electron chi connectivity index (χ2n) is 6.57. The van der Waals surface area contributed by atoms with Gasteiger partial charge in [0, 0.05) is 11.6 Å². The van der Waals surface area contributed by atoms with Crippen LogP contribution in [0.1, 0.15) is 50.6 Å². The lowest BCUT2D eigenvalue weighted by Crippen LogP contribution is -2.26. The minimum atomic E-state index is -0.387. The summed E-state index contributed by atoms with van der Waals surface area (Å²) in [4.78, 5) is 0. The van der Waals surface area contributed by atoms with Crippen LogP contribution < -0.4 is 5.32 Å². The van der Waals surface area contributed by atoms with Gasteiger partial charge in [0.15, 0.2) is 0 Å². The Morgan fingerprint density at radius 1 is 1.24 bits per heavy atom. The maximum absolute atomic E-state index is 14.2. The Bertz CT molecular complexity index is 520. The van der Waals surface area contributed by atoms with Crippen molar-refractivity contribution in [2.45, 2.75) is 45.1 Å². The largest absolute Gasteiger partial charge is 0.310 e. The molecule has 2 fully saturated rings. The molecular formula is C17H22BrF2N. The highest BCUT2D eigenvalue weighted by Crippen LogP contribution is 2.51. The van der Waals surface area contributed by atoms with E-state index < -0.39 is 0 Å². The molecule has 2 aliphatic rings. The van der Waals surface area contributed by atoms with Crippen LogP contribution in [-0.4, -0.2) is 6.54 Å². The van der Waals surface area contributed by atoms with Crippen molar-refractivity contribution in [3.8, 4) is 0 Å². The van der Waals surface area contributed by atoms with E-state index in [0.717, 1.165) is 24.8 Å². The number of halogens is 3. The lowest BCUT2D eigenvalue weighted by molar-refractivity contribution is 0.277. The van der Waals surface area contributed by atoms with Crippen molar-refractivity contribution in [3.05, 3.63) is 33.8 Å². The average molecular weight is 358 g/mol. The van der Waals surface area contributed by atoms with Crippen LogP contribution >= 0.6 is 15.9 Å². The quantitative estimate of drug-likeness (QED) is 0.713. The molecule has 21 heavy (non-hydrogen) atoms. The fraction of sp³-hybridized carbons (Fsp3) is 0.647. The SMILES string of the molecule is CCNC(CC1CC2CCC1C2)c1cc(F)c(Br)cc1F. The van der Waals surface area contributed by atoms with E-state index in [2.05, 4.69) is 21.2 Å². The highest BCUT2D eigenvalue weighted by atomic mass is 79.9. The molecule has 1 aromatic rings. The first-order chi connectivity index (χ1) is 10.1. The Morgan fingerprint density at radius 3 is 2.67 bits per heavy atom. The second kappa shape index (κ2) is 6.33. The normalized spacial score (nSPS) is 29.0. The summed E-state index contributed by atoms with van der Waals surface area (Å²) >= 11 is 3.05. The first-order valence-electron chi connectivity index (χ1n) is 7.96. The van der Waals surface area contributed by atoms with Gasteiger partial charge in [0.1, 0.15) is 11.6 Å². The van der Waals surface area contributed by atoms with E-state index in [9.17, 15) is 8.78 Å². The van der Waals surface area contributed by atoms with Crippen LogP contribution in [0.3, 0.4) is 0 Å². The molecule has 0 amide bonds. The molecule has 2 aliphatic carbocycles. The Balaban J connectivity index is 1.79. The molecule has 0 radical (unpaired) electrons. The number of rotatable bonds is 5. The van der Waals surface area contributed by atoms with E-state index in [-0.39, 0.29) is 22.1 Å². The Labute approximate surface area is 133 Å². The average Bonchev–Trinajstić information content (AvgIpc) is 3.05. The molecular weight excluding hydrogens is 336 g/mol. The van der Waals surface area contributed by atoms with Crippen LogP contribution in [0.4, 0.5) is 8.78 Å². The molecule has 3 rings (SSSR count). The zero-order valence-electron chi connectivity index (χ0n) is 12.3. The van der Waals surface area contributed by atoms with Crippen LogP contribution in [0.2, 0.25) is 0 Å². The van der Waals surface area contributed by atoms with E-state index >= 15 is 0 Å². The van der Waals surface area contributed by atoms with Gasteiger partial charge < -0.3 is 5.32 Å². The zero-order valence-corrected chi connectivity index (χ0v) is 13.9. The minimum Gasteiger partial charge on any atom is -0.310 e. The third-order valence-corrected chi connectivity index (χ3v) is 5.90. The number of hydrogen-bond acceptors (Lipinski definition) is 1. The smallest absolute Gasteiger partial charge is 0.137 e. The molecule has 0 aliphatic heterocycles. The van der Waals surface area contributed by atoms with Gasteiger partial charge in [-0.05, 0) is 78.0 Å². The molecule has 4 heteroatoms. The Hall–Kier alpha value is -0.480. The molecule has 4 unspecified atom stereocenters. The van der Waals surface area contributed by atoms with Crippen LogP contribution in [0.5, 0.6) is 0 Å². The van der Waals surface area contributed by atoms with Crippen molar-refractivity contribution >= 4 is 15.9 Å². The maximum atomic E-state index is 14.2. The van der Waals surface area contributed by atoms with Gasteiger partial charge >= 0.3 is 0 Å². The predicted molar refractivity (Wildman–Crippen MR) is 84.0 cm³/mol. The van der Waals surface area contributed by atoms with Crippen molar-refractivity contribution in [2.24, 2.45) is 17.8 Å². The van der Waals surface area contributed by atoms with E-state index in [4.69, 9.17) is 0 Å². The standard InChI is InChI=1S/C17H22BrF2N/c1-2-21-17(7-12-6-10-3-4-11(12)5-10)13-8-16(20)14(18)9-15(13)19/h8-12,17,21H,2-7H2,1H3. The van der Waals surface area contributed by atoms with Gasteiger partial charge in [-0.1, -0.05) is 13.3 Å². The van der Waals surface area contributed by atoms with Crippen molar-refractivity contribution in [1.82, 2.24) is 5.32 Å². The van der Waals surface area contributed by atoms with Gasteiger partial charge in [0.25, 0.3) is 0 Å². The topological polar surface area (TPSA) is 12.0 Å². The minimum absolute atomic E-state index is 0.0815. The summed E-state index contributed by atoms with van der Waals surface area (Å²) in [5.74, 6) is 1.65. The molecule has 0 heterocycles. The highest BCUT2D eigenvalue weighted by molar-refractivity contribution is 9.10. The number of benzene rings is 1. The lowest BCUT2D eigenvalue weighted by Gasteiger charge is -2.28. The molecule has 0 saturated heterocycles. The third-order valence-electron chi connectivity index (χ3n) is 5.29. The summed E-state index contributed by atoms with van der Waals surface area (Å²) in [7, 11) is 0. The lowest BCUT2D eigenvalue weighted by atomic mass is 9.82. The fourth-order valence-corrected chi connectivity index (χ4v) is 4.65. The van der Waals surface area contributed by atoms with Crippen LogP contribution in [-0.2, 0) is 0 Å². The summed E-state index contributed by atoms with van der Waals surface area (Å²) in [5.41, 5.74) is 0.473. The maximum Gasteiger partial charge on any atom is 0.137 e. The van der Waals surface area contributed by atoms with Crippen molar-refractivity contribution in [1.29, 1.82) is 0 Å².